The SMILES string of the molecule is CCN(CC)C(=O)OCC1CNCCN1C. The van der Waals surface area contributed by atoms with Gasteiger partial charge >= 0.3 is 6.09 Å². The van der Waals surface area contributed by atoms with Gasteiger partial charge in [0.2, 0.25) is 0 Å². The Morgan fingerprint density at radius 2 is 2.19 bits per heavy atom. The minimum absolute atomic E-state index is 0.205. The van der Waals surface area contributed by atoms with E-state index in [1.165, 1.54) is 0 Å². The van der Waals surface area contributed by atoms with Crippen molar-refractivity contribution in [3.63, 3.8) is 0 Å². The molecule has 1 heterocycles. The van der Waals surface area contributed by atoms with E-state index in [9.17, 15) is 4.79 Å². The van der Waals surface area contributed by atoms with Crippen LogP contribution in [0.15, 0.2) is 0 Å². The number of nitrogens with one attached hydrogen (secondary N) is 1. The summed E-state index contributed by atoms with van der Waals surface area (Å²) in [6.07, 6.45) is -0.205. The zero-order valence-corrected chi connectivity index (χ0v) is 10.5. The fourth-order valence-electron chi connectivity index (χ4n) is 1.79. The van der Waals surface area contributed by atoms with Crippen molar-refractivity contribution >= 4 is 6.09 Å². The number of carbonyl (C=O) groups is 1. The fourth-order valence-corrected chi connectivity index (χ4v) is 1.79. The number of amides is 1. The van der Waals surface area contributed by atoms with Gasteiger partial charge in [-0.1, -0.05) is 0 Å². The summed E-state index contributed by atoms with van der Waals surface area (Å²) < 4.78 is 5.30. The monoisotopic (exact) mass is 229 g/mol. The van der Waals surface area contributed by atoms with Gasteiger partial charge in [-0.15, -0.1) is 0 Å². The number of nitrogens with zero attached hydrogens (tertiary/aromatic N) is 2. The van der Waals surface area contributed by atoms with E-state index in [-0.39, 0.29) is 6.09 Å². The molecule has 1 aliphatic heterocycles. The van der Waals surface area contributed by atoms with Crippen LogP contribution in [0.25, 0.3) is 0 Å². The maximum absolute atomic E-state index is 11.6. The van der Waals surface area contributed by atoms with E-state index in [0.717, 1.165) is 19.6 Å². The standard InChI is InChI=1S/C11H23N3O2/c1-4-14(5-2)11(15)16-9-10-8-12-6-7-13(10)3/h10,12H,4-9H2,1-3H3. The van der Waals surface area contributed by atoms with Crippen LogP contribution in [0.5, 0.6) is 0 Å². The predicted octanol–water partition coefficient (Wildman–Crippen LogP) is 0.368. The van der Waals surface area contributed by atoms with E-state index < -0.39 is 0 Å². The molecule has 16 heavy (non-hydrogen) atoms. The first-order valence-corrected chi connectivity index (χ1v) is 6.01. The highest BCUT2D eigenvalue weighted by Crippen LogP contribution is 2.02. The van der Waals surface area contributed by atoms with E-state index >= 15 is 0 Å². The molecule has 1 fully saturated rings. The topological polar surface area (TPSA) is 44.8 Å². The summed E-state index contributed by atoms with van der Waals surface area (Å²) in [4.78, 5) is 15.5. The van der Waals surface area contributed by atoms with Gasteiger partial charge < -0.3 is 15.0 Å². The van der Waals surface area contributed by atoms with Crippen molar-refractivity contribution in [3.8, 4) is 0 Å². The van der Waals surface area contributed by atoms with Crippen molar-refractivity contribution in [3.05, 3.63) is 0 Å². The predicted molar refractivity (Wildman–Crippen MR) is 63.6 cm³/mol. The maximum atomic E-state index is 11.6. The van der Waals surface area contributed by atoms with Gasteiger partial charge in [-0.2, -0.15) is 0 Å². The van der Waals surface area contributed by atoms with Crippen LogP contribution in [0.4, 0.5) is 4.79 Å². The second-order valence-corrected chi connectivity index (χ2v) is 4.09. The van der Waals surface area contributed by atoms with Gasteiger partial charge in [0.1, 0.15) is 6.61 Å². The van der Waals surface area contributed by atoms with Crippen LogP contribution in [0.3, 0.4) is 0 Å². The summed E-state index contributed by atoms with van der Waals surface area (Å²) in [5.74, 6) is 0. The lowest BCUT2D eigenvalue weighted by molar-refractivity contribution is 0.0667. The lowest BCUT2D eigenvalue weighted by Gasteiger charge is -2.33. The molecule has 1 aliphatic rings. The molecule has 1 atom stereocenters. The van der Waals surface area contributed by atoms with Gasteiger partial charge in [0.15, 0.2) is 0 Å². The summed E-state index contributed by atoms with van der Waals surface area (Å²) in [6.45, 7) is 8.70. The van der Waals surface area contributed by atoms with E-state index in [4.69, 9.17) is 4.74 Å². The molecule has 0 radical (unpaired) electrons. The molecule has 0 spiro atoms. The number of rotatable bonds is 4. The molecule has 1 saturated heterocycles. The van der Waals surface area contributed by atoms with E-state index in [0.29, 0.717) is 25.7 Å². The number of hydrogen-bond donors (Lipinski definition) is 1. The van der Waals surface area contributed by atoms with Crippen LogP contribution in [0.1, 0.15) is 13.8 Å². The molecular formula is C11H23N3O2. The number of ether oxygens (including phenoxy) is 1. The molecule has 1 amide bonds. The second-order valence-electron chi connectivity index (χ2n) is 4.09. The van der Waals surface area contributed by atoms with Crippen molar-refractivity contribution in [1.82, 2.24) is 15.1 Å². The normalized spacial score (nSPS) is 21.8. The molecule has 94 valence electrons. The average molecular weight is 229 g/mol. The van der Waals surface area contributed by atoms with E-state index in [1.807, 2.05) is 13.8 Å². The van der Waals surface area contributed by atoms with Crippen molar-refractivity contribution in [2.24, 2.45) is 0 Å². The van der Waals surface area contributed by atoms with E-state index in [1.54, 1.807) is 4.90 Å². The summed E-state index contributed by atoms with van der Waals surface area (Å²) in [6, 6.07) is 0.299. The lowest BCUT2D eigenvalue weighted by atomic mass is 10.2. The average Bonchev–Trinajstić information content (AvgIpc) is 2.29. The zero-order chi connectivity index (χ0) is 12.0. The van der Waals surface area contributed by atoms with Crippen LogP contribution in [-0.2, 0) is 4.74 Å². The van der Waals surface area contributed by atoms with Gasteiger partial charge in [0.05, 0.1) is 6.04 Å². The van der Waals surface area contributed by atoms with E-state index in [2.05, 4.69) is 17.3 Å². The van der Waals surface area contributed by atoms with Gasteiger partial charge in [0, 0.05) is 32.7 Å². The Kier molecular flexibility index (Phi) is 5.55. The third-order valence-electron chi connectivity index (χ3n) is 3.07. The third-order valence-corrected chi connectivity index (χ3v) is 3.07. The third kappa shape index (κ3) is 3.64. The number of likely N-dealkylation sites (N-methyl/N-ethyl adjacent to an activating group) is 1. The van der Waals surface area contributed by atoms with Gasteiger partial charge in [0.25, 0.3) is 0 Å². The summed E-state index contributed by atoms with van der Waals surface area (Å²) >= 11 is 0. The van der Waals surface area contributed by atoms with Crippen LogP contribution in [0, 0.1) is 0 Å². The molecule has 1 N–H and O–H groups in total. The van der Waals surface area contributed by atoms with Crippen LogP contribution < -0.4 is 5.32 Å². The Morgan fingerprint density at radius 1 is 1.50 bits per heavy atom. The lowest BCUT2D eigenvalue weighted by Crippen LogP contribution is -2.52. The van der Waals surface area contributed by atoms with Crippen LogP contribution >= 0.6 is 0 Å². The molecule has 0 aromatic heterocycles. The largest absolute Gasteiger partial charge is 0.448 e. The fraction of sp³-hybridized carbons (Fsp3) is 0.909. The second kappa shape index (κ2) is 6.70. The summed E-state index contributed by atoms with van der Waals surface area (Å²) in [5.41, 5.74) is 0. The van der Waals surface area contributed by atoms with Crippen molar-refractivity contribution in [1.29, 1.82) is 0 Å². The zero-order valence-electron chi connectivity index (χ0n) is 10.5. The highest BCUT2D eigenvalue weighted by atomic mass is 16.6. The molecule has 0 saturated carbocycles. The summed E-state index contributed by atoms with van der Waals surface area (Å²) in [5, 5.41) is 3.30. The molecule has 1 rings (SSSR count). The Bertz CT molecular complexity index is 219. The molecule has 0 aliphatic carbocycles. The first-order chi connectivity index (χ1) is 7.69. The van der Waals surface area contributed by atoms with Gasteiger partial charge in [-0.05, 0) is 20.9 Å². The highest BCUT2D eigenvalue weighted by Gasteiger charge is 2.21. The maximum Gasteiger partial charge on any atom is 0.409 e. The molecule has 5 nitrogen and oxygen atoms in total. The first-order valence-electron chi connectivity index (χ1n) is 6.01. The summed E-state index contributed by atoms with van der Waals surface area (Å²) in [7, 11) is 2.07. The smallest absolute Gasteiger partial charge is 0.409 e. The van der Waals surface area contributed by atoms with Crippen LogP contribution in [-0.4, -0.2) is 68.3 Å². The highest BCUT2D eigenvalue weighted by molar-refractivity contribution is 5.67. The molecule has 0 bridgehead atoms. The molecule has 5 heteroatoms. The van der Waals surface area contributed by atoms with Gasteiger partial charge in [-0.25, -0.2) is 4.79 Å². The Labute approximate surface area is 97.7 Å². The molecule has 1 unspecified atom stereocenters. The number of piperazine rings is 1. The van der Waals surface area contributed by atoms with Crippen molar-refractivity contribution in [2.45, 2.75) is 19.9 Å². The first kappa shape index (κ1) is 13.3. The molecular weight excluding hydrogens is 206 g/mol. The van der Waals surface area contributed by atoms with Crippen LogP contribution in [0.2, 0.25) is 0 Å². The Balaban J connectivity index is 2.29. The van der Waals surface area contributed by atoms with Crippen molar-refractivity contribution in [2.75, 3.05) is 46.4 Å². The Morgan fingerprint density at radius 3 is 2.75 bits per heavy atom. The molecule has 0 aromatic carbocycles. The van der Waals surface area contributed by atoms with Gasteiger partial charge in [-0.3, -0.25) is 4.90 Å². The minimum Gasteiger partial charge on any atom is -0.448 e. The number of hydrogen-bond acceptors (Lipinski definition) is 4. The minimum atomic E-state index is -0.205. The number of carbonyl (C=O) groups excluding carboxylic acids is 1. The quantitative estimate of drug-likeness (QED) is 0.756. The van der Waals surface area contributed by atoms with Crippen molar-refractivity contribution < 1.29 is 9.53 Å². The Hall–Kier alpha value is -0.810. The molecule has 0 aromatic rings.